The highest BCUT2D eigenvalue weighted by atomic mass is 16.7. The molecule has 0 aliphatic heterocycles. The number of nitrogens with zero attached hydrogens (tertiary/aromatic N) is 3. The fourth-order valence-electron chi connectivity index (χ4n) is 2.93. The van der Waals surface area contributed by atoms with Gasteiger partial charge in [0.1, 0.15) is 11.0 Å². The third-order valence-electron chi connectivity index (χ3n) is 4.28. The van der Waals surface area contributed by atoms with Gasteiger partial charge in [-0.25, -0.2) is 0 Å². The Hall–Kier alpha value is -2.89. The summed E-state index contributed by atoms with van der Waals surface area (Å²) in [5.74, 6) is 0.396. The average Bonchev–Trinajstić information content (AvgIpc) is 3.03. The zero-order chi connectivity index (χ0) is 18.7. The van der Waals surface area contributed by atoms with Crippen LogP contribution in [0.1, 0.15) is 50.7 Å². The van der Waals surface area contributed by atoms with Crippen LogP contribution in [0, 0.1) is 0 Å². The molecule has 0 aliphatic carbocycles. The maximum atomic E-state index is 12.5. The lowest BCUT2D eigenvalue weighted by Crippen LogP contribution is -2.27. The number of fused-ring (bicyclic) bond motifs is 1. The Morgan fingerprint density at radius 1 is 1.04 bits per heavy atom. The minimum absolute atomic E-state index is 0.142. The number of carbonyl (C=O) groups is 1. The molecule has 0 atom stereocenters. The van der Waals surface area contributed by atoms with Crippen LogP contribution in [0.15, 0.2) is 42.5 Å². The summed E-state index contributed by atoms with van der Waals surface area (Å²) in [4.78, 5) is 19.3. The van der Waals surface area contributed by atoms with Crippen LogP contribution in [-0.4, -0.2) is 27.7 Å². The van der Waals surface area contributed by atoms with Crippen molar-refractivity contribution in [2.75, 3.05) is 11.9 Å². The van der Waals surface area contributed by atoms with Crippen molar-refractivity contribution in [3.63, 3.8) is 0 Å². The third kappa shape index (κ3) is 3.69. The first-order valence-corrected chi connectivity index (χ1v) is 8.83. The summed E-state index contributed by atoms with van der Waals surface area (Å²) in [5, 5.41) is 11.0. The van der Waals surface area contributed by atoms with Crippen molar-refractivity contribution >= 4 is 22.6 Å². The van der Waals surface area contributed by atoms with E-state index in [1.807, 2.05) is 30.3 Å². The van der Waals surface area contributed by atoms with Crippen LogP contribution in [0.5, 0.6) is 0 Å². The van der Waals surface area contributed by atoms with Crippen molar-refractivity contribution in [2.24, 2.45) is 0 Å². The molecule has 0 aliphatic rings. The first-order chi connectivity index (χ1) is 12.5. The maximum Gasteiger partial charge on any atom is 0.265 e. The Balaban J connectivity index is 1.76. The van der Waals surface area contributed by atoms with Crippen molar-refractivity contribution in [2.45, 2.75) is 39.5 Å². The second-order valence-electron chi connectivity index (χ2n) is 6.89. The van der Waals surface area contributed by atoms with Gasteiger partial charge in [-0.2, -0.15) is 0 Å². The van der Waals surface area contributed by atoms with E-state index in [0.717, 1.165) is 27.8 Å². The molecule has 6 heteroatoms. The zero-order valence-electron chi connectivity index (χ0n) is 15.6. The van der Waals surface area contributed by atoms with E-state index in [-0.39, 0.29) is 12.5 Å². The molecule has 26 heavy (non-hydrogen) atoms. The number of hydrogen-bond acceptors (Lipinski definition) is 4. The van der Waals surface area contributed by atoms with E-state index < -0.39 is 0 Å². The summed E-state index contributed by atoms with van der Waals surface area (Å²) in [7, 11) is 0. The van der Waals surface area contributed by atoms with Gasteiger partial charge in [0.05, 0.1) is 0 Å². The van der Waals surface area contributed by atoms with Crippen molar-refractivity contribution in [1.82, 2.24) is 15.2 Å². The molecule has 0 saturated heterocycles. The fraction of sp³-hybridized carbons (Fsp3) is 0.350. The molecule has 0 bridgehead atoms. The van der Waals surface area contributed by atoms with E-state index >= 15 is 0 Å². The molecule has 1 aromatic heterocycles. The number of anilines is 1. The van der Waals surface area contributed by atoms with Gasteiger partial charge in [-0.1, -0.05) is 62.9 Å². The number of para-hydroxylation sites is 2. The Kier molecular flexibility index (Phi) is 5.21. The van der Waals surface area contributed by atoms with Crippen LogP contribution < -0.4 is 10.2 Å². The molecular formula is C20H24N4O2. The Morgan fingerprint density at radius 3 is 2.35 bits per heavy atom. The zero-order valence-corrected chi connectivity index (χ0v) is 15.6. The standard InChI is InChI=1S/C20H24N4O2/c1-13(2)15-8-7-9-16(14(3)4)20(15)21-19(25)12-26-24-18-11-6-5-10-17(18)22-23-24/h5-11,13-14H,12H2,1-4H3,(H,21,25). The summed E-state index contributed by atoms with van der Waals surface area (Å²) in [6.07, 6.45) is 0. The predicted molar refractivity (Wildman–Crippen MR) is 102 cm³/mol. The SMILES string of the molecule is CC(C)c1cccc(C(C)C)c1NC(=O)COn1nnc2ccccc21. The van der Waals surface area contributed by atoms with Gasteiger partial charge in [0, 0.05) is 5.69 Å². The van der Waals surface area contributed by atoms with Crippen LogP contribution >= 0.6 is 0 Å². The molecule has 6 nitrogen and oxygen atoms in total. The van der Waals surface area contributed by atoms with Crippen molar-refractivity contribution < 1.29 is 9.63 Å². The first-order valence-electron chi connectivity index (χ1n) is 8.83. The van der Waals surface area contributed by atoms with E-state index in [2.05, 4.69) is 55.5 Å². The average molecular weight is 352 g/mol. The second-order valence-corrected chi connectivity index (χ2v) is 6.89. The predicted octanol–water partition coefficient (Wildman–Crippen LogP) is 3.75. The summed E-state index contributed by atoms with van der Waals surface area (Å²) < 4.78 is 0. The van der Waals surface area contributed by atoms with Crippen molar-refractivity contribution in [3.8, 4) is 0 Å². The van der Waals surface area contributed by atoms with Gasteiger partial charge in [0.15, 0.2) is 6.61 Å². The van der Waals surface area contributed by atoms with Gasteiger partial charge in [0.25, 0.3) is 5.91 Å². The number of aromatic nitrogens is 3. The van der Waals surface area contributed by atoms with Crippen LogP contribution in [0.3, 0.4) is 0 Å². The van der Waals surface area contributed by atoms with Gasteiger partial charge >= 0.3 is 0 Å². The smallest absolute Gasteiger partial charge is 0.265 e. The first kappa shape index (κ1) is 17.9. The van der Waals surface area contributed by atoms with Crippen molar-refractivity contribution in [1.29, 1.82) is 0 Å². The number of nitrogens with one attached hydrogen (secondary N) is 1. The summed E-state index contributed by atoms with van der Waals surface area (Å²) in [5.41, 5.74) is 4.58. The highest BCUT2D eigenvalue weighted by Gasteiger charge is 2.16. The van der Waals surface area contributed by atoms with Crippen LogP contribution in [-0.2, 0) is 4.79 Å². The molecule has 1 N–H and O–H groups in total. The summed E-state index contributed by atoms with van der Waals surface area (Å²) in [6, 6.07) is 13.6. The quantitative estimate of drug-likeness (QED) is 0.734. The highest BCUT2D eigenvalue weighted by molar-refractivity contribution is 5.93. The monoisotopic (exact) mass is 352 g/mol. The molecule has 0 radical (unpaired) electrons. The highest BCUT2D eigenvalue weighted by Crippen LogP contribution is 2.32. The molecule has 0 spiro atoms. The number of benzene rings is 2. The van der Waals surface area contributed by atoms with E-state index in [9.17, 15) is 4.79 Å². The minimum Gasteiger partial charge on any atom is -0.385 e. The topological polar surface area (TPSA) is 69.0 Å². The molecule has 1 heterocycles. The summed E-state index contributed by atoms with van der Waals surface area (Å²) >= 11 is 0. The molecule has 2 aromatic carbocycles. The fourth-order valence-corrected chi connectivity index (χ4v) is 2.93. The van der Waals surface area contributed by atoms with Crippen LogP contribution in [0.2, 0.25) is 0 Å². The van der Waals surface area contributed by atoms with Gasteiger partial charge < -0.3 is 10.2 Å². The number of hydrogen-bond donors (Lipinski definition) is 1. The number of rotatable bonds is 6. The van der Waals surface area contributed by atoms with Crippen LogP contribution in [0.4, 0.5) is 5.69 Å². The van der Waals surface area contributed by atoms with Gasteiger partial charge in [-0.05, 0) is 40.3 Å². The lowest BCUT2D eigenvalue weighted by atomic mass is 9.92. The molecular weight excluding hydrogens is 328 g/mol. The molecule has 0 saturated carbocycles. The van der Waals surface area contributed by atoms with Crippen molar-refractivity contribution in [3.05, 3.63) is 53.6 Å². The van der Waals surface area contributed by atoms with E-state index in [0.29, 0.717) is 11.8 Å². The Labute approximate surface area is 153 Å². The molecule has 136 valence electrons. The third-order valence-corrected chi connectivity index (χ3v) is 4.28. The Morgan fingerprint density at radius 2 is 1.69 bits per heavy atom. The number of carbonyl (C=O) groups excluding carboxylic acids is 1. The second kappa shape index (κ2) is 7.56. The molecule has 0 fully saturated rings. The van der Waals surface area contributed by atoms with Crippen LogP contribution in [0.25, 0.3) is 11.0 Å². The largest absolute Gasteiger partial charge is 0.385 e. The lowest BCUT2D eigenvalue weighted by Gasteiger charge is -2.20. The Bertz CT molecular complexity index is 889. The van der Waals surface area contributed by atoms with E-state index in [1.165, 1.54) is 4.85 Å². The van der Waals surface area contributed by atoms with E-state index in [1.54, 1.807) is 0 Å². The van der Waals surface area contributed by atoms with Gasteiger partial charge in [-0.3, -0.25) is 4.79 Å². The normalized spacial score (nSPS) is 11.3. The molecule has 1 amide bonds. The minimum atomic E-state index is -0.223. The molecule has 0 unspecified atom stereocenters. The molecule has 3 rings (SSSR count). The molecule has 3 aromatic rings. The van der Waals surface area contributed by atoms with E-state index in [4.69, 9.17) is 4.84 Å². The summed E-state index contributed by atoms with van der Waals surface area (Å²) in [6.45, 7) is 8.33. The maximum absolute atomic E-state index is 12.5. The lowest BCUT2D eigenvalue weighted by molar-refractivity contribution is -0.121. The van der Waals surface area contributed by atoms with Gasteiger partial charge in [-0.15, -0.1) is 5.10 Å². The van der Waals surface area contributed by atoms with Gasteiger partial charge in [0.2, 0.25) is 0 Å². The number of amides is 1.